The molecule has 0 unspecified atom stereocenters. The number of anilines is 2. The van der Waals surface area contributed by atoms with Crippen molar-refractivity contribution >= 4 is 34.8 Å². The quantitative estimate of drug-likeness (QED) is 0.537. The highest BCUT2D eigenvalue weighted by molar-refractivity contribution is 7.17. The van der Waals surface area contributed by atoms with Crippen molar-refractivity contribution in [2.45, 2.75) is 25.9 Å². The maximum atomic E-state index is 12.9. The molecule has 8 nitrogen and oxygen atoms in total. The molecule has 2 N–H and O–H groups in total. The third-order valence-corrected chi connectivity index (χ3v) is 6.42. The number of alkyl halides is 3. The van der Waals surface area contributed by atoms with Crippen LogP contribution in [0, 0.1) is 12.8 Å². The van der Waals surface area contributed by atoms with E-state index in [0.717, 1.165) is 23.4 Å². The molecule has 0 bridgehead atoms. The normalized spacial score (nSPS) is 14.8. The zero-order valence-corrected chi connectivity index (χ0v) is 18.8. The van der Waals surface area contributed by atoms with Gasteiger partial charge in [-0.3, -0.25) is 9.59 Å². The molecular formula is C22H20F3N5O3S. The SMILES string of the molecule is Cc1cc(Nc2nccc(C(F)(F)F)n2)cc(-c2cnc(C(=O)N3CCC(C(=O)O)CC3)s2)c1. The number of piperidine rings is 1. The first-order valence-electron chi connectivity index (χ1n) is 10.4. The maximum Gasteiger partial charge on any atom is 0.433 e. The lowest BCUT2D eigenvalue weighted by Gasteiger charge is -2.29. The number of nitrogens with zero attached hydrogens (tertiary/aromatic N) is 4. The van der Waals surface area contributed by atoms with E-state index in [9.17, 15) is 22.8 Å². The van der Waals surface area contributed by atoms with E-state index in [4.69, 9.17) is 5.11 Å². The van der Waals surface area contributed by atoms with E-state index >= 15 is 0 Å². The summed E-state index contributed by atoms with van der Waals surface area (Å²) in [6.45, 7) is 2.56. The summed E-state index contributed by atoms with van der Waals surface area (Å²) in [4.78, 5) is 37.9. The van der Waals surface area contributed by atoms with Crippen molar-refractivity contribution in [1.82, 2.24) is 19.9 Å². The molecule has 1 aromatic carbocycles. The molecule has 3 aromatic rings. The minimum atomic E-state index is -4.58. The fourth-order valence-electron chi connectivity index (χ4n) is 3.67. The number of thiazole rings is 1. The van der Waals surface area contributed by atoms with Crippen LogP contribution in [0.15, 0.2) is 36.7 Å². The molecule has 0 saturated carbocycles. The van der Waals surface area contributed by atoms with E-state index < -0.39 is 23.8 Å². The van der Waals surface area contributed by atoms with E-state index in [0.29, 0.717) is 41.5 Å². The van der Waals surface area contributed by atoms with Gasteiger partial charge in [0, 0.05) is 31.2 Å². The molecule has 178 valence electrons. The molecule has 0 atom stereocenters. The summed E-state index contributed by atoms with van der Waals surface area (Å²) in [6, 6.07) is 6.13. The van der Waals surface area contributed by atoms with Crippen LogP contribution < -0.4 is 5.32 Å². The Labute approximate surface area is 196 Å². The Morgan fingerprint density at radius 2 is 1.91 bits per heavy atom. The van der Waals surface area contributed by atoms with Gasteiger partial charge in [-0.05, 0) is 49.1 Å². The molecule has 1 fully saturated rings. The van der Waals surface area contributed by atoms with Crippen molar-refractivity contribution in [3.8, 4) is 10.4 Å². The first-order valence-corrected chi connectivity index (χ1v) is 11.2. The molecule has 2 aromatic heterocycles. The number of carbonyl (C=O) groups excluding carboxylic acids is 1. The van der Waals surface area contributed by atoms with Crippen molar-refractivity contribution in [2.24, 2.45) is 5.92 Å². The monoisotopic (exact) mass is 491 g/mol. The standard InChI is InChI=1S/C22H20F3N5O3S/c1-12-8-14(10-15(9-12)28-21-26-5-2-17(29-21)22(23,24)25)16-11-27-18(34-16)19(31)30-6-3-13(4-7-30)20(32)33/h2,5,8-11,13H,3-4,6-7H2,1H3,(H,32,33)(H,26,28,29). The number of likely N-dealkylation sites (tertiary alicyclic amines) is 1. The predicted octanol–water partition coefficient (Wildman–Crippen LogP) is 4.61. The number of halogens is 3. The lowest BCUT2D eigenvalue weighted by molar-refractivity contribution is -0.143. The molecule has 12 heteroatoms. The molecule has 0 radical (unpaired) electrons. The van der Waals surface area contributed by atoms with E-state index in [1.165, 1.54) is 11.3 Å². The number of hydrogen-bond donors (Lipinski definition) is 2. The van der Waals surface area contributed by atoms with Gasteiger partial charge < -0.3 is 15.3 Å². The molecule has 3 heterocycles. The average Bonchev–Trinajstić information content (AvgIpc) is 3.28. The molecule has 0 spiro atoms. The smallest absolute Gasteiger partial charge is 0.433 e. The van der Waals surface area contributed by atoms with Crippen LogP contribution in [0.2, 0.25) is 0 Å². The van der Waals surface area contributed by atoms with Gasteiger partial charge in [-0.25, -0.2) is 15.0 Å². The summed E-state index contributed by atoms with van der Waals surface area (Å²) in [5, 5.41) is 12.2. The highest BCUT2D eigenvalue weighted by Gasteiger charge is 2.33. The minimum Gasteiger partial charge on any atom is -0.481 e. The first kappa shape index (κ1) is 23.6. The lowest BCUT2D eigenvalue weighted by Crippen LogP contribution is -2.40. The van der Waals surface area contributed by atoms with Crippen LogP contribution >= 0.6 is 11.3 Å². The summed E-state index contributed by atoms with van der Waals surface area (Å²) in [5.74, 6) is -1.71. The van der Waals surface area contributed by atoms with Crippen LogP contribution in [0.3, 0.4) is 0 Å². The van der Waals surface area contributed by atoms with Gasteiger partial charge in [0.2, 0.25) is 5.95 Å². The second-order valence-electron chi connectivity index (χ2n) is 7.91. The Kier molecular flexibility index (Phi) is 6.51. The first-order chi connectivity index (χ1) is 16.1. The van der Waals surface area contributed by atoms with Crippen LogP contribution in [0.5, 0.6) is 0 Å². The number of hydrogen-bond acceptors (Lipinski definition) is 7. The molecule has 1 saturated heterocycles. The second-order valence-corrected chi connectivity index (χ2v) is 8.94. The summed E-state index contributed by atoms with van der Waals surface area (Å²) in [6.07, 6.45) is -1.16. The van der Waals surface area contributed by atoms with Gasteiger partial charge in [-0.15, -0.1) is 11.3 Å². The van der Waals surface area contributed by atoms with Crippen molar-refractivity contribution in [3.63, 3.8) is 0 Å². The number of aliphatic carboxylic acids is 1. The zero-order valence-electron chi connectivity index (χ0n) is 18.0. The summed E-state index contributed by atoms with van der Waals surface area (Å²) >= 11 is 1.20. The molecule has 1 amide bonds. The largest absolute Gasteiger partial charge is 0.481 e. The molecular weight excluding hydrogens is 471 g/mol. The van der Waals surface area contributed by atoms with Gasteiger partial charge in [-0.2, -0.15) is 13.2 Å². The van der Waals surface area contributed by atoms with Crippen LogP contribution in [-0.2, 0) is 11.0 Å². The highest BCUT2D eigenvalue weighted by Crippen LogP contribution is 2.32. The molecule has 4 rings (SSSR count). The topological polar surface area (TPSA) is 108 Å². The third kappa shape index (κ3) is 5.33. The molecule has 1 aliphatic heterocycles. The van der Waals surface area contributed by atoms with Crippen LogP contribution in [0.1, 0.15) is 33.9 Å². The van der Waals surface area contributed by atoms with Gasteiger partial charge in [-0.1, -0.05) is 6.07 Å². The molecule has 34 heavy (non-hydrogen) atoms. The van der Waals surface area contributed by atoms with Crippen LogP contribution in [-0.4, -0.2) is 49.9 Å². The van der Waals surface area contributed by atoms with Crippen molar-refractivity contribution in [2.75, 3.05) is 18.4 Å². The number of carbonyl (C=O) groups is 2. The minimum absolute atomic E-state index is 0.184. The van der Waals surface area contributed by atoms with Crippen molar-refractivity contribution in [1.29, 1.82) is 0 Å². The van der Waals surface area contributed by atoms with Crippen molar-refractivity contribution in [3.05, 3.63) is 52.9 Å². The van der Waals surface area contributed by atoms with Gasteiger partial charge in [0.15, 0.2) is 5.01 Å². The zero-order chi connectivity index (χ0) is 24.5. The number of amides is 1. The van der Waals surface area contributed by atoms with Gasteiger partial charge >= 0.3 is 12.1 Å². The summed E-state index contributed by atoms with van der Waals surface area (Å²) < 4.78 is 38.8. The number of benzene rings is 1. The van der Waals surface area contributed by atoms with E-state index in [-0.39, 0.29) is 11.9 Å². The number of nitrogens with one attached hydrogen (secondary N) is 1. The summed E-state index contributed by atoms with van der Waals surface area (Å²) in [7, 11) is 0. The number of carboxylic acid groups (broad SMARTS) is 1. The van der Waals surface area contributed by atoms with Crippen molar-refractivity contribution < 1.29 is 27.9 Å². The summed E-state index contributed by atoms with van der Waals surface area (Å²) in [5.41, 5.74) is 1.02. The van der Waals surface area contributed by atoms with Gasteiger partial charge in [0.05, 0.1) is 10.8 Å². The third-order valence-electron chi connectivity index (χ3n) is 5.38. The number of aryl methyl sites for hydroxylation is 1. The van der Waals surface area contributed by atoms with E-state index in [1.807, 2.05) is 13.0 Å². The molecule has 1 aliphatic rings. The van der Waals surface area contributed by atoms with E-state index in [2.05, 4.69) is 20.3 Å². The number of rotatable bonds is 5. The molecule has 0 aliphatic carbocycles. The Morgan fingerprint density at radius 1 is 1.18 bits per heavy atom. The maximum absolute atomic E-state index is 12.9. The Bertz CT molecular complexity index is 1220. The Hall–Kier alpha value is -3.54. The lowest BCUT2D eigenvalue weighted by atomic mass is 9.97. The number of carboxylic acids is 1. The highest BCUT2D eigenvalue weighted by atomic mass is 32.1. The fourth-order valence-corrected chi connectivity index (χ4v) is 4.55. The predicted molar refractivity (Wildman–Crippen MR) is 119 cm³/mol. The van der Waals surface area contributed by atoms with Gasteiger partial charge in [0.25, 0.3) is 5.91 Å². The van der Waals surface area contributed by atoms with Crippen LogP contribution in [0.4, 0.5) is 24.8 Å². The Balaban J connectivity index is 1.51. The number of aromatic nitrogens is 3. The van der Waals surface area contributed by atoms with Crippen LogP contribution in [0.25, 0.3) is 10.4 Å². The van der Waals surface area contributed by atoms with Gasteiger partial charge in [0.1, 0.15) is 5.69 Å². The van der Waals surface area contributed by atoms with E-state index in [1.54, 1.807) is 23.2 Å². The fraction of sp³-hybridized carbons (Fsp3) is 0.318. The average molecular weight is 491 g/mol. The second kappa shape index (κ2) is 9.37. The Morgan fingerprint density at radius 3 is 2.59 bits per heavy atom.